The molecule has 0 aliphatic carbocycles. The number of methoxy groups -OCH3 is 1. The van der Waals surface area contributed by atoms with Crippen LogP contribution in [0.2, 0.25) is 5.02 Å². The molecule has 0 amide bonds. The number of rotatable bonds is 7. The third-order valence-electron chi connectivity index (χ3n) is 2.52. The quantitative estimate of drug-likeness (QED) is 0.240. The molecule has 0 bridgehead atoms. The molecule has 0 saturated carbocycles. The summed E-state index contributed by atoms with van der Waals surface area (Å²) < 4.78 is 33.3. The molecule has 0 aliphatic rings. The predicted octanol–water partition coefficient (Wildman–Crippen LogP) is 2.20. The van der Waals surface area contributed by atoms with Crippen LogP contribution in [0.3, 0.4) is 0 Å². The number of halogens is 1. The van der Waals surface area contributed by atoms with Crippen LogP contribution < -0.4 is 0 Å². The first kappa shape index (κ1) is 18.8. The van der Waals surface area contributed by atoms with E-state index in [1.165, 1.54) is 18.2 Å². The first-order valence-corrected chi connectivity index (χ1v) is 7.76. The number of nitro groups is 1. The fourth-order valence-corrected chi connectivity index (χ4v) is 2.74. The van der Waals surface area contributed by atoms with Crippen LogP contribution >= 0.6 is 11.6 Å². The molecule has 0 unspecified atom stereocenters. The van der Waals surface area contributed by atoms with E-state index in [4.69, 9.17) is 11.6 Å². The lowest BCUT2D eigenvalue weighted by Crippen LogP contribution is -2.24. The van der Waals surface area contributed by atoms with E-state index >= 15 is 0 Å². The smallest absolute Gasteiger partial charge is 0.385 e. The summed E-state index contributed by atoms with van der Waals surface area (Å²) in [5, 5.41) is 9.61. The van der Waals surface area contributed by atoms with Crippen LogP contribution in [0.15, 0.2) is 48.0 Å². The largest absolute Gasteiger partial charge is 0.467 e. The number of ether oxygens (including phenoxy) is 1. The Morgan fingerprint density at radius 2 is 2.04 bits per heavy atom. The molecule has 10 heteroatoms. The predicted molar refractivity (Wildman–Crippen MR) is 81.5 cm³/mol. The summed E-state index contributed by atoms with van der Waals surface area (Å²) in [4.78, 5) is 21.5. The minimum absolute atomic E-state index is 0.00843. The molecule has 0 radical (unpaired) electrons. The third-order valence-corrected chi connectivity index (χ3v) is 4.11. The minimum atomic E-state index is -4.87. The second kappa shape index (κ2) is 7.86. The number of allylic oxidation sites excluding steroid dienone is 2. The highest BCUT2D eigenvalue weighted by Crippen LogP contribution is 2.29. The monoisotopic (exact) mass is 361 g/mol. The first-order chi connectivity index (χ1) is 10.7. The van der Waals surface area contributed by atoms with Crippen LogP contribution in [0.25, 0.3) is 0 Å². The van der Waals surface area contributed by atoms with Gasteiger partial charge in [0.25, 0.3) is 0 Å². The molecular weight excluding hydrogens is 350 g/mol. The molecule has 23 heavy (non-hydrogen) atoms. The summed E-state index contributed by atoms with van der Waals surface area (Å²) in [6.45, 7) is 3.19. The summed E-state index contributed by atoms with van der Waals surface area (Å²) >= 11 is 5.90. The van der Waals surface area contributed by atoms with E-state index in [1.807, 2.05) is 0 Å². The molecule has 0 saturated heterocycles. The molecule has 0 spiro atoms. The van der Waals surface area contributed by atoms with E-state index in [0.717, 1.165) is 13.2 Å². The molecule has 1 aromatic carbocycles. The van der Waals surface area contributed by atoms with Gasteiger partial charge in [-0.25, -0.2) is 8.98 Å². The van der Waals surface area contributed by atoms with Crippen molar-refractivity contribution in [1.82, 2.24) is 0 Å². The van der Waals surface area contributed by atoms with Gasteiger partial charge in [-0.15, -0.1) is 0 Å². The van der Waals surface area contributed by atoms with Crippen molar-refractivity contribution in [2.45, 2.75) is 6.10 Å². The van der Waals surface area contributed by atoms with Crippen LogP contribution in [0.4, 0.5) is 0 Å². The Labute approximate surface area is 137 Å². The Bertz CT molecular complexity index is 757. The van der Waals surface area contributed by atoms with Crippen molar-refractivity contribution in [3.05, 3.63) is 68.7 Å². The van der Waals surface area contributed by atoms with Crippen LogP contribution in [-0.2, 0) is 23.8 Å². The lowest BCUT2D eigenvalue weighted by molar-refractivity contribution is -0.412. The highest BCUT2D eigenvalue weighted by Gasteiger charge is 2.37. The van der Waals surface area contributed by atoms with Crippen molar-refractivity contribution in [1.29, 1.82) is 0 Å². The Kier molecular flexibility index (Phi) is 6.43. The van der Waals surface area contributed by atoms with Crippen molar-refractivity contribution in [3.8, 4) is 0 Å². The fraction of sp³-hybridized carbons (Fsp3) is 0.154. The Morgan fingerprint density at radius 1 is 1.43 bits per heavy atom. The number of nitrogens with zero attached hydrogens (tertiary/aromatic N) is 1. The van der Waals surface area contributed by atoms with Gasteiger partial charge in [-0.2, -0.15) is 8.42 Å². The van der Waals surface area contributed by atoms with Crippen molar-refractivity contribution in [2.24, 2.45) is 0 Å². The second-order valence-electron chi connectivity index (χ2n) is 3.97. The van der Waals surface area contributed by atoms with Gasteiger partial charge in [-0.05, 0) is 6.07 Å². The van der Waals surface area contributed by atoms with E-state index in [1.54, 1.807) is 6.07 Å². The van der Waals surface area contributed by atoms with E-state index in [-0.39, 0.29) is 10.6 Å². The summed E-state index contributed by atoms with van der Waals surface area (Å²) in [5.41, 5.74) is -0.00843. The number of hydrogen-bond acceptors (Lipinski definition) is 7. The molecule has 1 aromatic rings. The van der Waals surface area contributed by atoms with E-state index < -0.39 is 32.1 Å². The summed E-state index contributed by atoms with van der Waals surface area (Å²) in [6, 6.07) is 5.77. The lowest BCUT2D eigenvalue weighted by Gasteiger charge is -2.15. The molecule has 1 atom stereocenters. The Morgan fingerprint density at radius 3 is 2.52 bits per heavy atom. The summed E-state index contributed by atoms with van der Waals surface area (Å²) in [7, 11) is -3.86. The van der Waals surface area contributed by atoms with Crippen molar-refractivity contribution in [2.75, 3.05) is 7.11 Å². The maximum absolute atomic E-state index is 12.0. The molecular formula is C13H12ClNO7S. The zero-order valence-electron chi connectivity index (χ0n) is 11.8. The molecule has 1 rings (SSSR count). The molecule has 0 heterocycles. The molecule has 0 fully saturated rings. The second-order valence-corrected chi connectivity index (χ2v) is 5.90. The van der Waals surface area contributed by atoms with E-state index in [9.17, 15) is 23.3 Å². The van der Waals surface area contributed by atoms with E-state index in [2.05, 4.69) is 15.5 Å². The maximum Gasteiger partial charge on any atom is 0.385 e. The van der Waals surface area contributed by atoms with Gasteiger partial charge < -0.3 is 4.74 Å². The van der Waals surface area contributed by atoms with Crippen LogP contribution in [0.5, 0.6) is 0 Å². The third kappa shape index (κ3) is 4.62. The zero-order valence-corrected chi connectivity index (χ0v) is 13.4. The SMILES string of the molecule is C=C/C=C(/[N+](=O)[O-])S(=O)(=O)O[C@@H](C(=O)OC)c1ccccc1Cl. The highest BCUT2D eigenvalue weighted by molar-refractivity contribution is 7.90. The van der Waals surface area contributed by atoms with Gasteiger partial charge in [-0.3, -0.25) is 10.1 Å². The lowest BCUT2D eigenvalue weighted by atomic mass is 10.1. The number of esters is 1. The Balaban J connectivity index is 3.34. The van der Waals surface area contributed by atoms with Crippen molar-refractivity contribution in [3.63, 3.8) is 0 Å². The molecule has 0 aromatic heterocycles. The normalized spacial score (nSPS) is 13.2. The average Bonchev–Trinajstić information content (AvgIpc) is 2.49. The van der Waals surface area contributed by atoms with Crippen LogP contribution in [0, 0.1) is 10.1 Å². The van der Waals surface area contributed by atoms with Gasteiger partial charge in [0.1, 0.15) is 0 Å². The standard InChI is InChI=1S/C13H12ClNO7S/c1-3-6-11(15(17)18)23(19,20)22-12(13(16)21-2)9-7-4-5-8-10(9)14/h3-8,12H,1H2,2H3/b11-6-/t12-/m1/s1. The summed E-state index contributed by atoms with van der Waals surface area (Å²) in [6.07, 6.45) is -0.246. The summed E-state index contributed by atoms with van der Waals surface area (Å²) in [5.74, 6) is -1.08. The molecule has 0 aliphatic heterocycles. The number of benzene rings is 1. The zero-order chi connectivity index (χ0) is 17.6. The number of carbonyl (C=O) groups is 1. The van der Waals surface area contributed by atoms with Crippen LogP contribution in [-0.4, -0.2) is 26.4 Å². The molecule has 8 nitrogen and oxygen atoms in total. The number of carbonyl (C=O) groups excluding carboxylic acids is 1. The topological polar surface area (TPSA) is 113 Å². The van der Waals surface area contributed by atoms with E-state index in [0.29, 0.717) is 6.08 Å². The van der Waals surface area contributed by atoms with Crippen molar-refractivity contribution < 1.29 is 27.1 Å². The van der Waals surface area contributed by atoms with Gasteiger partial charge >= 0.3 is 21.1 Å². The van der Waals surface area contributed by atoms with Gasteiger partial charge in [0.15, 0.2) is 0 Å². The van der Waals surface area contributed by atoms with Gasteiger partial charge in [0.2, 0.25) is 6.10 Å². The minimum Gasteiger partial charge on any atom is -0.467 e. The average molecular weight is 362 g/mol. The molecule has 124 valence electrons. The molecule has 0 N–H and O–H groups in total. The van der Waals surface area contributed by atoms with Gasteiger partial charge in [0.05, 0.1) is 12.0 Å². The maximum atomic E-state index is 12.0. The number of hydrogen-bond donors (Lipinski definition) is 0. The van der Waals surface area contributed by atoms with Crippen LogP contribution in [0.1, 0.15) is 11.7 Å². The van der Waals surface area contributed by atoms with Crippen molar-refractivity contribution >= 4 is 27.7 Å². The highest BCUT2D eigenvalue weighted by atomic mass is 35.5. The Hall–Kier alpha value is -2.23. The van der Waals surface area contributed by atoms with Gasteiger partial charge in [0, 0.05) is 16.7 Å². The fourth-order valence-electron chi connectivity index (χ4n) is 1.53. The van der Waals surface area contributed by atoms with Gasteiger partial charge in [-0.1, -0.05) is 42.5 Å². The first-order valence-electron chi connectivity index (χ1n) is 5.97.